The first-order chi connectivity index (χ1) is 4.18. The van der Waals surface area contributed by atoms with Gasteiger partial charge in [-0.3, -0.25) is 0 Å². The zero-order valence-electron chi connectivity index (χ0n) is 5.20. The van der Waals surface area contributed by atoms with E-state index in [9.17, 15) is 0 Å². The molecule has 0 aliphatic heterocycles. The molecule has 0 spiro atoms. The van der Waals surface area contributed by atoms with Crippen molar-refractivity contribution in [3.63, 3.8) is 0 Å². The Morgan fingerprint density at radius 2 is 2.44 bits per heavy atom. The topological polar surface area (TPSA) is 54.0 Å². The molecule has 0 aromatic carbocycles. The first-order valence-electron chi connectivity index (χ1n) is 2.23. The van der Waals surface area contributed by atoms with Gasteiger partial charge in [0.2, 0.25) is 0 Å². The van der Waals surface area contributed by atoms with Crippen molar-refractivity contribution in [2.24, 2.45) is 16.1 Å². The van der Waals surface area contributed by atoms with E-state index in [1.54, 1.807) is 7.05 Å². The van der Waals surface area contributed by atoms with E-state index in [2.05, 4.69) is 16.9 Å². The van der Waals surface area contributed by atoms with Crippen LogP contribution in [-0.2, 0) is 0 Å². The Hall–Kier alpha value is -1.50. The van der Waals surface area contributed by atoms with Gasteiger partial charge in [-0.1, -0.05) is 23.3 Å². The van der Waals surface area contributed by atoms with Gasteiger partial charge in [-0.05, 0) is 0 Å². The Kier molecular flexibility index (Phi) is 2.91. The van der Waals surface area contributed by atoms with Crippen LogP contribution in [0.3, 0.4) is 0 Å². The van der Waals surface area contributed by atoms with Crippen LogP contribution in [0.5, 0.6) is 0 Å². The maximum atomic E-state index is 5.19. The first-order valence-corrected chi connectivity index (χ1v) is 2.23. The van der Waals surface area contributed by atoms with Gasteiger partial charge in [0.15, 0.2) is 0 Å². The van der Waals surface area contributed by atoms with Crippen molar-refractivity contribution in [2.45, 2.75) is 0 Å². The third-order valence-corrected chi connectivity index (χ3v) is 0.652. The summed E-state index contributed by atoms with van der Waals surface area (Å²) < 4.78 is 0. The minimum Gasteiger partial charge on any atom is -0.384 e. The first kappa shape index (κ1) is 7.50. The zero-order chi connectivity index (χ0) is 7.28. The maximum absolute atomic E-state index is 5.19. The second-order valence-electron chi connectivity index (χ2n) is 1.33. The van der Waals surface area contributed by atoms with Crippen LogP contribution in [0.4, 0.5) is 0 Å². The van der Waals surface area contributed by atoms with Crippen molar-refractivity contribution < 1.29 is 0 Å². The minimum atomic E-state index is 0.300. The highest BCUT2D eigenvalue weighted by Crippen LogP contribution is 1.88. The van der Waals surface area contributed by atoms with Crippen LogP contribution in [0.1, 0.15) is 0 Å². The van der Waals surface area contributed by atoms with Gasteiger partial charge < -0.3 is 5.73 Å². The molecule has 0 rings (SSSR count). The van der Waals surface area contributed by atoms with Crippen LogP contribution in [-0.4, -0.2) is 12.1 Å². The normalized spacial score (nSPS) is 8.89. The Morgan fingerprint density at radius 3 is 2.78 bits per heavy atom. The monoisotopic (exact) mass is 124 g/mol. The summed E-state index contributed by atoms with van der Waals surface area (Å²) in [6, 6.07) is 1.97. The van der Waals surface area contributed by atoms with E-state index >= 15 is 0 Å². The van der Waals surface area contributed by atoms with Gasteiger partial charge in [0.25, 0.3) is 0 Å². The standard InChI is InChI=1S/C5H8N4/c1-4-7-8-9(3)5(2)6/h1H,2,6H2,3H3/b8-7-. The summed E-state index contributed by atoms with van der Waals surface area (Å²) in [6.45, 7) is 3.39. The molecular formula is C5H8N4. The van der Waals surface area contributed by atoms with E-state index in [4.69, 9.17) is 12.2 Å². The molecule has 0 saturated heterocycles. The summed E-state index contributed by atoms with van der Waals surface area (Å²) in [7, 11) is 1.60. The number of rotatable bonds is 2. The quantitative estimate of drug-likeness (QED) is 0.327. The molecule has 0 saturated carbocycles. The number of nitrogens with zero attached hydrogens (tertiary/aromatic N) is 3. The molecule has 0 atom stereocenters. The zero-order valence-corrected chi connectivity index (χ0v) is 5.20. The van der Waals surface area contributed by atoms with Crippen molar-refractivity contribution in [1.29, 1.82) is 0 Å². The fraction of sp³-hybridized carbons (Fsp3) is 0.200. The van der Waals surface area contributed by atoms with Crippen molar-refractivity contribution in [3.8, 4) is 12.5 Å². The molecule has 0 aliphatic rings. The van der Waals surface area contributed by atoms with E-state index in [0.29, 0.717) is 5.82 Å². The number of hydrogen-bond acceptors (Lipinski definition) is 3. The van der Waals surface area contributed by atoms with Crippen LogP contribution in [0.15, 0.2) is 22.7 Å². The lowest BCUT2D eigenvalue weighted by Crippen LogP contribution is -2.15. The summed E-state index contributed by atoms with van der Waals surface area (Å²) in [5, 5.41) is 7.95. The predicted molar refractivity (Wildman–Crippen MR) is 34.8 cm³/mol. The third kappa shape index (κ3) is 3.12. The fourth-order valence-corrected chi connectivity index (χ4v) is 0.150. The molecule has 0 fully saturated rings. The van der Waals surface area contributed by atoms with Gasteiger partial charge in [0, 0.05) is 7.05 Å². The van der Waals surface area contributed by atoms with Crippen LogP contribution >= 0.6 is 0 Å². The molecule has 0 unspecified atom stereocenters. The number of hydrogen-bond donors (Lipinski definition) is 1. The summed E-state index contributed by atoms with van der Waals surface area (Å²) in [6.07, 6.45) is 4.77. The molecule has 2 N–H and O–H groups in total. The second-order valence-corrected chi connectivity index (χ2v) is 1.33. The Labute approximate surface area is 54.0 Å². The number of terminal acetylenes is 1. The molecule has 0 bridgehead atoms. The predicted octanol–water partition coefficient (Wildman–Crippen LogP) is 0.306. The van der Waals surface area contributed by atoms with Gasteiger partial charge in [0.05, 0.1) is 6.04 Å². The molecule has 4 heteroatoms. The maximum Gasteiger partial charge on any atom is 0.114 e. The molecule has 0 radical (unpaired) electrons. The minimum absolute atomic E-state index is 0.300. The van der Waals surface area contributed by atoms with E-state index < -0.39 is 0 Å². The van der Waals surface area contributed by atoms with Crippen molar-refractivity contribution in [3.05, 3.63) is 12.4 Å². The van der Waals surface area contributed by atoms with E-state index in [1.807, 2.05) is 6.04 Å². The van der Waals surface area contributed by atoms with Gasteiger partial charge in [-0.15, -0.1) is 0 Å². The Morgan fingerprint density at radius 1 is 1.89 bits per heavy atom. The van der Waals surface area contributed by atoms with Gasteiger partial charge in [-0.2, -0.15) is 0 Å². The highest BCUT2D eigenvalue weighted by atomic mass is 15.5. The lowest BCUT2D eigenvalue weighted by Gasteiger charge is -2.06. The smallest absolute Gasteiger partial charge is 0.114 e. The van der Waals surface area contributed by atoms with Crippen molar-refractivity contribution in [1.82, 2.24) is 5.01 Å². The largest absolute Gasteiger partial charge is 0.384 e. The third-order valence-electron chi connectivity index (χ3n) is 0.652. The van der Waals surface area contributed by atoms with E-state index in [0.717, 1.165) is 0 Å². The van der Waals surface area contributed by atoms with Crippen LogP contribution in [0, 0.1) is 12.5 Å². The van der Waals surface area contributed by atoms with E-state index in [1.165, 1.54) is 5.01 Å². The van der Waals surface area contributed by atoms with Crippen LogP contribution < -0.4 is 5.73 Å². The SMILES string of the molecule is C#C/N=N\N(C)C(=C)N. The number of nitrogens with two attached hydrogens (primary N) is 1. The Bertz CT molecular complexity index is 164. The van der Waals surface area contributed by atoms with Crippen LogP contribution in [0.25, 0.3) is 0 Å². The highest BCUT2D eigenvalue weighted by Gasteiger charge is 1.88. The van der Waals surface area contributed by atoms with Crippen molar-refractivity contribution >= 4 is 0 Å². The molecule has 0 heterocycles. The summed E-state index contributed by atoms with van der Waals surface area (Å²) in [4.78, 5) is 0. The summed E-state index contributed by atoms with van der Waals surface area (Å²) in [5.41, 5.74) is 5.19. The molecule has 0 aromatic heterocycles. The average molecular weight is 124 g/mol. The van der Waals surface area contributed by atoms with E-state index in [-0.39, 0.29) is 0 Å². The van der Waals surface area contributed by atoms with Gasteiger partial charge >= 0.3 is 0 Å². The average Bonchev–Trinajstić information content (AvgIpc) is 1.82. The lowest BCUT2D eigenvalue weighted by molar-refractivity contribution is 0.415. The molecule has 0 amide bonds. The van der Waals surface area contributed by atoms with Crippen LogP contribution in [0.2, 0.25) is 0 Å². The Balaban J connectivity index is 3.80. The van der Waals surface area contributed by atoms with Crippen molar-refractivity contribution in [2.75, 3.05) is 7.05 Å². The molecule has 4 nitrogen and oxygen atoms in total. The summed E-state index contributed by atoms with van der Waals surface area (Å²) in [5.74, 6) is 0.300. The molecule has 48 valence electrons. The second kappa shape index (κ2) is 3.50. The van der Waals surface area contributed by atoms with Gasteiger partial charge in [0.1, 0.15) is 5.82 Å². The fourth-order valence-electron chi connectivity index (χ4n) is 0.150. The highest BCUT2D eigenvalue weighted by molar-refractivity contribution is 4.82. The lowest BCUT2D eigenvalue weighted by atomic mass is 10.8. The molecule has 0 aliphatic carbocycles. The molecule has 9 heavy (non-hydrogen) atoms. The van der Waals surface area contributed by atoms with Gasteiger partial charge in [-0.25, -0.2) is 5.01 Å². The molecule has 0 aromatic rings. The molecular weight excluding hydrogens is 116 g/mol. The summed E-state index contributed by atoms with van der Waals surface area (Å²) >= 11 is 0.